The SMILES string of the molecule is CCOc1ccc2c(c1)c(C)c(C(=O)Nc1ccc(OC)c(OC)c1)n2CC. The van der Waals surface area contributed by atoms with E-state index in [1.807, 2.05) is 43.5 Å². The van der Waals surface area contributed by atoms with Gasteiger partial charge in [0.1, 0.15) is 11.4 Å². The Kier molecular flexibility index (Phi) is 5.78. The number of carbonyl (C=O) groups excluding carboxylic acids is 1. The number of nitrogens with zero attached hydrogens (tertiary/aromatic N) is 1. The van der Waals surface area contributed by atoms with Gasteiger partial charge >= 0.3 is 0 Å². The molecule has 1 heterocycles. The number of amides is 1. The number of hydrogen-bond acceptors (Lipinski definition) is 4. The summed E-state index contributed by atoms with van der Waals surface area (Å²) in [6, 6.07) is 11.2. The van der Waals surface area contributed by atoms with E-state index in [9.17, 15) is 4.79 Å². The van der Waals surface area contributed by atoms with E-state index in [0.717, 1.165) is 22.2 Å². The lowest BCUT2D eigenvalue weighted by Gasteiger charge is -2.12. The third-order valence-electron chi connectivity index (χ3n) is 4.77. The van der Waals surface area contributed by atoms with Gasteiger partial charge in [-0.1, -0.05) is 0 Å². The fourth-order valence-corrected chi connectivity index (χ4v) is 3.48. The van der Waals surface area contributed by atoms with Crippen molar-refractivity contribution in [2.75, 3.05) is 26.1 Å². The number of nitrogens with one attached hydrogen (secondary N) is 1. The number of anilines is 1. The van der Waals surface area contributed by atoms with Crippen LogP contribution in [0, 0.1) is 6.92 Å². The highest BCUT2D eigenvalue weighted by Crippen LogP contribution is 2.32. The standard InChI is InChI=1S/C22H26N2O4/c1-6-24-18-10-9-16(28-7-2)13-17(18)14(3)21(24)22(25)23-15-8-11-19(26-4)20(12-15)27-5/h8-13H,6-7H2,1-5H3,(H,23,25). The Morgan fingerprint density at radius 1 is 1.04 bits per heavy atom. The zero-order valence-electron chi connectivity index (χ0n) is 17.0. The average molecular weight is 382 g/mol. The van der Waals surface area contributed by atoms with Crippen molar-refractivity contribution in [2.24, 2.45) is 0 Å². The molecule has 1 aromatic heterocycles. The Hall–Kier alpha value is -3.15. The smallest absolute Gasteiger partial charge is 0.272 e. The second-order valence-corrected chi connectivity index (χ2v) is 6.35. The van der Waals surface area contributed by atoms with Crippen LogP contribution in [-0.2, 0) is 6.54 Å². The molecule has 2 aromatic carbocycles. The predicted molar refractivity (Wildman–Crippen MR) is 111 cm³/mol. The van der Waals surface area contributed by atoms with Crippen LogP contribution in [0.4, 0.5) is 5.69 Å². The molecule has 0 saturated carbocycles. The first-order chi connectivity index (χ1) is 13.5. The van der Waals surface area contributed by atoms with E-state index in [4.69, 9.17) is 14.2 Å². The molecule has 6 nitrogen and oxygen atoms in total. The normalized spacial score (nSPS) is 10.8. The van der Waals surface area contributed by atoms with E-state index < -0.39 is 0 Å². The molecule has 0 saturated heterocycles. The van der Waals surface area contributed by atoms with Gasteiger partial charge in [0.2, 0.25) is 0 Å². The van der Waals surface area contributed by atoms with Gasteiger partial charge in [-0.25, -0.2) is 0 Å². The first kappa shape index (κ1) is 19.6. The minimum Gasteiger partial charge on any atom is -0.494 e. The number of aromatic nitrogens is 1. The molecular weight excluding hydrogens is 356 g/mol. The molecule has 0 aliphatic heterocycles. The largest absolute Gasteiger partial charge is 0.494 e. The molecule has 0 aliphatic rings. The molecule has 148 valence electrons. The molecule has 6 heteroatoms. The molecule has 28 heavy (non-hydrogen) atoms. The quantitative estimate of drug-likeness (QED) is 0.647. The number of methoxy groups -OCH3 is 2. The number of hydrogen-bond donors (Lipinski definition) is 1. The van der Waals surface area contributed by atoms with Gasteiger partial charge in [-0.2, -0.15) is 0 Å². The van der Waals surface area contributed by atoms with Gasteiger partial charge in [0.15, 0.2) is 11.5 Å². The predicted octanol–water partition coefficient (Wildman–Crippen LogP) is 4.64. The second-order valence-electron chi connectivity index (χ2n) is 6.35. The zero-order chi connectivity index (χ0) is 20.3. The monoisotopic (exact) mass is 382 g/mol. The summed E-state index contributed by atoms with van der Waals surface area (Å²) in [5.41, 5.74) is 3.23. The number of carbonyl (C=O) groups is 1. The Morgan fingerprint density at radius 2 is 1.79 bits per heavy atom. The molecule has 3 rings (SSSR count). The summed E-state index contributed by atoms with van der Waals surface area (Å²) in [4.78, 5) is 13.1. The van der Waals surface area contributed by atoms with Gasteiger partial charge in [-0.3, -0.25) is 4.79 Å². The first-order valence-corrected chi connectivity index (χ1v) is 9.33. The minimum absolute atomic E-state index is 0.166. The van der Waals surface area contributed by atoms with Gasteiger partial charge in [0, 0.05) is 29.2 Å². The molecule has 0 unspecified atom stereocenters. The third-order valence-corrected chi connectivity index (χ3v) is 4.77. The van der Waals surface area contributed by atoms with E-state index >= 15 is 0 Å². The highest BCUT2D eigenvalue weighted by molar-refractivity contribution is 6.08. The van der Waals surface area contributed by atoms with E-state index in [1.54, 1.807) is 32.4 Å². The lowest BCUT2D eigenvalue weighted by atomic mass is 10.1. The number of ether oxygens (including phenoxy) is 3. The molecule has 1 N–H and O–H groups in total. The Morgan fingerprint density at radius 3 is 2.43 bits per heavy atom. The van der Waals surface area contributed by atoms with Crippen LogP contribution in [-0.4, -0.2) is 31.3 Å². The summed E-state index contributed by atoms with van der Waals surface area (Å²) in [7, 11) is 3.15. The summed E-state index contributed by atoms with van der Waals surface area (Å²) in [6.45, 7) is 7.24. The topological polar surface area (TPSA) is 61.7 Å². The third kappa shape index (κ3) is 3.50. The van der Waals surface area contributed by atoms with Crippen molar-refractivity contribution in [3.63, 3.8) is 0 Å². The maximum atomic E-state index is 13.1. The summed E-state index contributed by atoms with van der Waals surface area (Å²) in [5, 5.41) is 3.99. The summed E-state index contributed by atoms with van der Waals surface area (Å²) in [5.74, 6) is 1.82. The van der Waals surface area contributed by atoms with E-state index in [1.165, 1.54) is 0 Å². The fraction of sp³-hybridized carbons (Fsp3) is 0.318. The fourth-order valence-electron chi connectivity index (χ4n) is 3.48. The molecule has 3 aromatic rings. The van der Waals surface area contributed by atoms with Crippen molar-refractivity contribution in [1.82, 2.24) is 4.57 Å². The Labute approximate surface area is 165 Å². The maximum absolute atomic E-state index is 13.1. The zero-order valence-corrected chi connectivity index (χ0v) is 17.0. The molecule has 1 amide bonds. The summed E-state index contributed by atoms with van der Waals surface area (Å²) >= 11 is 0. The van der Waals surface area contributed by atoms with E-state index in [0.29, 0.717) is 36.0 Å². The lowest BCUT2D eigenvalue weighted by molar-refractivity contribution is 0.101. The second kappa shape index (κ2) is 8.25. The summed E-state index contributed by atoms with van der Waals surface area (Å²) < 4.78 is 18.2. The van der Waals surface area contributed by atoms with Gasteiger partial charge in [-0.15, -0.1) is 0 Å². The van der Waals surface area contributed by atoms with Crippen molar-refractivity contribution in [3.8, 4) is 17.2 Å². The van der Waals surface area contributed by atoms with E-state index in [-0.39, 0.29) is 5.91 Å². The van der Waals surface area contributed by atoms with E-state index in [2.05, 4.69) is 5.32 Å². The van der Waals surface area contributed by atoms with Crippen molar-refractivity contribution in [2.45, 2.75) is 27.3 Å². The summed E-state index contributed by atoms with van der Waals surface area (Å²) in [6.07, 6.45) is 0. The molecule has 0 fully saturated rings. The Balaban J connectivity index is 2.00. The lowest BCUT2D eigenvalue weighted by Crippen LogP contribution is -2.18. The Bertz CT molecular complexity index is 1010. The van der Waals surface area contributed by atoms with Crippen LogP contribution in [0.3, 0.4) is 0 Å². The highest BCUT2D eigenvalue weighted by Gasteiger charge is 2.20. The molecule has 0 radical (unpaired) electrons. The number of fused-ring (bicyclic) bond motifs is 1. The van der Waals surface area contributed by atoms with Gasteiger partial charge in [-0.05, 0) is 56.7 Å². The van der Waals surface area contributed by atoms with Gasteiger partial charge in [0.25, 0.3) is 5.91 Å². The van der Waals surface area contributed by atoms with Crippen LogP contribution in [0.2, 0.25) is 0 Å². The van der Waals surface area contributed by atoms with Crippen LogP contribution in [0.1, 0.15) is 29.9 Å². The minimum atomic E-state index is -0.166. The molecule has 0 spiro atoms. The molecule has 0 atom stereocenters. The molecule has 0 aliphatic carbocycles. The van der Waals surface area contributed by atoms with Crippen molar-refractivity contribution in [3.05, 3.63) is 47.7 Å². The number of rotatable bonds is 7. The highest BCUT2D eigenvalue weighted by atomic mass is 16.5. The average Bonchev–Trinajstić information content (AvgIpc) is 2.99. The van der Waals surface area contributed by atoms with Crippen LogP contribution in [0.15, 0.2) is 36.4 Å². The first-order valence-electron chi connectivity index (χ1n) is 9.33. The van der Waals surface area contributed by atoms with Crippen molar-refractivity contribution in [1.29, 1.82) is 0 Å². The van der Waals surface area contributed by atoms with Crippen LogP contribution < -0.4 is 19.5 Å². The van der Waals surface area contributed by atoms with Crippen LogP contribution in [0.25, 0.3) is 10.9 Å². The maximum Gasteiger partial charge on any atom is 0.272 e. The van der Waals surface area contributed by atoms with Crippen LogP contribution >= 0.6 is 0 Å². The van der Waals surface area contributed by atoms with Gasteiger partial charge in [0.05, 0.1) is 20.8 Å². The van der Waals surface area contributed by atoms with Gasteiger partial charge < -0.3 is 24.1 Å². The number of aryl methyl sites for hydroxylation is 2. The number of benzene rings is 2. The molecular formula is C22H26N2O4. The van der Waals surface area contributed by atoms with Crippen molar-refractivity contribution < 1.29 is 19.0 Å². The van der Waals surface area contributed by atoms with Crippen molar-refractivity contribution >= 4 is 22.5 Å². The van der Waals surface area contributed by atoms with Crippen LogP contribution in [0.5, 0.6) is 17.2 Å². The molecule has 0 bridgehead atoms.